The molecule has 6 nitrogen and oxygen atoms in total. The normalized spacial score (nSPS) is 13.9. The second kappa shape index (κ2) is 6.62. The number of carbonyl (C=O) groups is 2. The van der Waals surface area contributed by atoms with Gasteiger partial charge in [0.25, 0.3) is 5.91 Å². The molecule has 0 saturated heterocycles. The van der Waals surface area contributed by atoms with E-state index in [4.69, 9.17) is 0 Å². The van der Waals surface area contributed by atoms with Gasteiger partial charge in [0.1, 0.15) is 6.54 Å². The molecule has 1 aromatic carbocycles. The number of guanidine groups is 1. The van der Waals surface area contributed by atoms with Gasteiger partial charge >= 0.3 is 5.97 Å². The molecule has 0 fully saturated rings. The van der Waals surface area contributed by atoms with Gasteiger partial charge in [0.05, 0.1) is 19.2 Å². The van der Waals surface area contributed by atoms with Gasteiger partial charge in [-0.05, 0) is 35.7 Å². The molecule has 3 rings (SSSR count). The van der Waals surface area contributed by atoms with Crippen LogP contribution in [0.2, 0.25) is 0 Å². The number of hydrogen-bond acceptors (Lipinski definition) is 6. The molecule has 7 heteroatoms. The maximum atomic E-state index is 12.0. The van der Waals surface area contributed by atoms with Gasteiger partial charge in [-0.1, -0.05) is 6.07 Å². The molecule has 1 aromatic heterocycles. The SMILES string of the molecule is COC(=O)c1ccc(NC2=NCC(=O)N2Cc2cccs2)cc1. The molecule has 1 aliphatic heterocycles. The fraction of sp³-hybridized carbons (Fsp3) is 0.188. The minimum Gasteiger partial charge on any atom is -0.465 e. The number of ether oxygens (including phenoxy) is 1. The second-order valence-corrected chi connectivity index (χ2v) is 5.93. The Kier molecular flexibility index (Phi) is 4.38. The third-order valence-electron chi connectivity index (χ3n) is 3.38. The fourth-order valence-electron chi connectivity index (χ4n) is 2.20. The van der Waals surface area contributed by atoms with Crippen molar-refractivity contribution in [2.45, 2.75) is 6.54 Å². The lowest BCUT2D eigenvalue weighted by atomic mass is 10.2. The Morgan fingerprint density at radius 3 is 2.78 bits per heavy atom. The van der Waals surface area contributed by atoms with E-state index in [0.717, 1.165) is 10.6 Å². The molecule has 0 radical (unpaired) electrons. The summed E-state index contributed by atoms with van der Waals surface area (Å²) in [5.74, 6) is 0.102. The largest absolute Gasteiger partial charge is 0.465 e. The monoisotopic (exact) mass is 329 g/mol. The van der Waals surface area contributed by atoms with E-state index in [9.17, 15) is 9.59 Å². The summed E-state index contributed by atoms with van der Waals surface area (Å²) in [7, 11) is 1.34. The first-order chi connectivity index (χ1) is 11.2. The smallest absolute Gasteiger partial charge is 0.337 e. The molecular weight excluding hydrogens is 314 g/mol. The lowest BCUT2D eigenvalue weighted by Gasteiger charge is -2.18. The van der Waals surface area contributed by atoms with Crippen LogP contribution in [0.5, 0.6) is 0 Å². The van der Waals surface area contributed by atoms with Gasteiger partial charge < -0.3 is 10.1 Å². The highest BCUT2D eigenvalue weighted by Crippen LogP contribution is 2.17. The molecule has 0 unspecified atom stereocenters. The molecule has 23 heavy (non-hydrogen) atoms. The zero-order valence-electron chi connectivity index (χ0n) is 12.5. The van der Waals surface area contributed by atoms with Crippen molar-refractivity contribution in [2.24, 2.45) is 4.99 Å². The van der Waals surface area contributed by atoms with Crippen LogP contribution < -0.4 is 5.32 Å². The van der Waals surface area contributed by atoms with Crippen LogP contribution >= 0.6 is 11.3 Å². The molecule has 0 aliphatic carbocycles. The minimum absolute atomic E-state index is 0.0351. The second-order valence-electron chi connectivity index (χ2n) is 4.89. The summed E-state index contributed by atoms with van der Waals surface area (Å²) in [6.45, 7) is 0.649. The van der Waals surface area contributed by atoms with Crippen molar-refractivity contribution >= 4 is 34.9 Å². The summed E-state index contributed by atoms with van der Waals surface area (Å²) >= 11 is 1.60. The van der Waals surface area contributed by atoms with E-state index in [1.165, 1.54) is 7.11 Å². The van der Waals surface area contributed by atoms with E-state index < -0.39 is 0 Å². The molecule has 2 aromatic rings. The van der Waals surface area contributed by atoms with Crippen molar-refractivity contribution in [1.29, 1.82) is 0 Å². The van der Waals surface area contributed by atoms with Crippen LogP contribution in [0.3, 0.4) is 0 Å². The first-order valence-corrected chi connectivity index (χ1v) is 7.88. The van der Waals surface area contributed by atoms with Crippen molar-refractivity contribution in [3.05, 3.63) is 52.2 Å². The Morgan fingerprint density at radius 2 is 2.13 bits per heavy atom. The van der Waals surface area contributed by atoms with Crippen molar-refractivity contribution in [1.82, 2.24) is 4.90 Å². The number of esters is 1. The van der Waals surface area contributed by atoms with E-state index >= 15 is 0 Å². The summed E-state index contributed by atoms with van der Waals surface area (Å²) in [5, 5.41) is 5.10. The first-order valence-electron chi connectivity index (χ1n) is 7.00. The van der Waals surface area contributed by atoms with E-state index in [2.05, 4.69) is 15.0 Å². The van der Waals surface area contributed by atoms with Crippen LogP contribution in [-0.4, -0.2) is 36.4 Å². The van der Waals surface area contributed by atoms with Gasteiger partial charge in [-0.2, -0.15) is 0 Å². The Labute approximate surface area is 137 Å². The van der Waals surface area contributed by atoms with E-state index in [-0.39, 0.29) is 18.4 Å². The summed E-state index contributed by atoms with van der Waals surface area (Å²) < 4.78 is 4.66. The molecule has 1 amide bonds. The van der Waals surface area contributed by atoms with Crippen molar-refractivity contribution < 1.29 is 14.3 Å². The molecule has 118 valence electrons. The fourth-order valence-corrected chi connectivity index (χ4v) is 2.89. The lowest BCUT2D eigenvalue weighted by Crippen LogP contribution is -2.36. The van der Waals surface area contributed by atoms with Gasteiger partial charge in [0.15, 0.2) is 0 Å². The van der Waals surface area contributed by atoms with Crippen LogP contribution in [-0.2, 0) is 16.1 Å². The predicted octanol–water partition coefficient (Wildman–Crippen LogP) is 2.34. The standard InChI is InChI=1S/C16H15N3O3S/c1-22-15(21)11-4-6-12(7-5-11)18-16-17-9-14(20)19(16)10-13-3-2-8-23-13/h2-8H,9-10H2,1H3,(H,17,18). The van der Waals surface area contributed by atoms with Gasteiger partial charge in [-0.3, -0.25) is 9.69 Å². The zero-order valence-corrected chi connectivity index (χ0v) is 13.3. The molecule has 0 bridgehead atoms. The van der Waals surface area contributed by atoms with E-state index in [0.29, 0.717) is 18.1 Å². The first kappa shape index (κ1) is 15.2. The number of anilines is 1. The molecule has 2 heterocycles. The highest BCUT2D eigenvalue weighted by atomic mass is 32.1. The molecule has 0 atom stereocenters. The number of benzene rings is 1. The van der Waals surface area contributed by atoms with Gasteiger partial charge in [0.2, 0.25) is 5.96 Å². The summed E-state index contributed by atoms with van der Waals surface area (Å²) in [6.07, 6.45) is 0. The number of hydrogen-bond donors (Lipinski definition) is 1. The zero-order chi connectivity index (χ0) is 16.2. The lowest BCUT2D eigenvalue weighted by molar-refractivity contribution is -0.125. The Bertz CT molecular complexity index is 738. The maximum Gasteiger partial charge on any atom is 0.337 e. The van der Waals surface area contributed by atoms with Crippen LogP contribution in [0.1, 0.15) is 15.2 Å². The number of methoxy groups -OCH3 is 1. The molecule has 0 spiro atoms. The molecule has 0 saturated carbocycles. The average Bonchev–Trinajstić information content (AvgIpc) is 3.20. The number of nitrogens with one attached hydrogen (secondary N) is 1. The van der Waals surface area contributed by atoms with E-state index in [1.54, 1.807) is 40.5 Å². The maximum absolute atomic E-state index is 12.0. The van der Waals surface area contributed by atoms with Crippen molar-refractivity contribution in [3.8, 4) is 0 Å². The number of thiophene rings is 1. The summed E-state index contributed by atoms with van der Waals surface area (Å²) in [4.78, 5) is 30.4. The van der Waals surface area contributed by atoms with Gasteiger partial charge in [0, 0.05) is 10.6 Å². The average molecular weight is 329 g/mol. The third kappa shape index (κ3) is 3.40. The third-order valence-corrected chi connectivity index (χ3v) is 4.24. The van der Waals surface area contributed by atoms with Crippen LogP contribution in [0.15, 0.2) is 46.8 Å². The van der Waals surface area contributed by atoms with Crippen LogP contribution in [0.4, 0.5) is 5.69 Å². The Hall–Kier alpha value is -2.67. The quantitative estimate of drug-likeness (QED) is 0.874. The number of carbonyl (C=O) groups excluding carboxylic acids is 2. The molecular formula is C16H15N3O3S. The van der Waals surface area contributed by atoms with Crippen molar-refractivity contribution in [3.63, 3.8) is 0 Å². The van der Waals surface area contributed by atoms with Crippen LogP contribution in [0.25, 0.3) is 0 Å². The topological polar surface area (TPSA) is 71.0 Å². The van der Waals surface area contributed by atoms with Gasteiger partial charge in [-0.25, -0.2) is 9.79 Å². The predicted molar refractivity (Wildman–Crippen MR) is 88.6 cm³/mol. The minimum atomic E-state index is -0.385. The number of nitrogens with zero attached hydrogens (tertiary/aromatic N) is 2. The number of rotatable bonds is 4. The number of amides is 1. The molecule has 1 aliphatic rings. The summed E-state index contributed by atoms with van der Waals surface area (Å²) in [6, 6.07) is 10.8. The van der Waals surface area contributed by atoms with Gasteiger partial charge in [-0.15, -0.1) is 11.3 Å². The number of aliphatic imine (C=N–C) groups is 1. The van der Waals surface area contributed by atoms with Crippen LogP contribution in [0, 0.1) is 0 Å². The highest BCUT2D eigenvalue weighted by Gasteiger charge is 2.25. The van der Waals surface area contributed by atoms with Crippen molar-refractivity contribution in [2.75, 3.05) is 19.0 Å². The Balaban J connectivity index is 1.71. The molecule has 1 N–H and O–H groups in total. The highest BCUT2D eigenvalue weighted by molar-refractivity contribution is 7.09. The summed E-state index contributed by atoms with van der Waals surface area (Å²) in [5.41, 5.74) is 1.22. The Morgan fingerprint density at radius 1 is 1.35 bits per heavy atom. The van der Waals surface area contributed by atoms with E-state index in [1.807, 2.05) is 17.5 Å².